The zero-order valence-electron chi connectivity index (χ0n) is 18.6. The first-order chi connectivity index (χ1) is 14.8. The molecule has 0 spiro atoms. The van der Waals surface area contributed by atoms with E-state index in [9.17, 15) is 19.2 Å². The van der Waals surface area contributed by atoms with Gasteiger partial charge in [0.2, 0.25) is 5.91 Å². The molecule has 1 saturated carbocycles. The summed E-state index contributed by atoms with van der Waals surface area (Å²) in [6.07, 6.45) is 2.17. The van der Waals surface area contributed by atoms with E-state index in [1.54, 1.807) is 11.8 Å². The zero-order chi connectivity index (χ0) is 22.8. The number of ether oxygens (including phenoxy) is 1. The summed E-state index contributed by atoms with van der Waals surface area (Å²) in [6.45, 7) is 7.08. The summed E-state index contributed by atoms with van der Waals surface area (Å²) >= 11 is 1.56. The summed E-state index contributed by atoms with van der Waals surface area (Å²) in [6, 6.07) is 7.45. The molecule has 0 bridgehead atoms. The summed E-state index contributed by atoms with van der Waals surface area (Å²) in [5, 5.41) is 2.87. The molecule has 2 unspecified atom stereocenters. The van der Waals surface area contributed by atoms with Crippen LogP contribution in [0.25, 0.3) is 0 Å². The number of amides is 1. The SMILES string of the molecule is CCC(=O)CCOCCNC(=O)CCc1ccc(C2C(=O)CC(SC(C)C)C2=O)cc1. The van der Waals surface area contributed by atoms with E-state index in [1.807, 2.05) is 45.0 Å². The molecule has 0 aromatic heterocycles. The fraction of sp³-hybridized carbons (Fsp3) is 0.583. The third-order valence-electron chi connectivity index (χ3n) is 5.19. The molecular weight excluding hydrogens is 414 g/mol. The highest BCUT2D eigenvalue weighted by Gasteiger charge is 2.42. The predicted molar refractivity (Wildman–Crippen MR) is 122 cm³/mol. The Labute approximate surface area is 188 Å². The maximum atomic E-state index is 12.6. The quantitative estimate of drug-likeness (QED) is 0.369. The number of hydrogen-bond acceptors (Lipinski definition) is 6. The van der Waals surface area contributed by atoms with E-state index in [0.717, 1.165) is 11.1 Å². The molecular formula is C24H33NO5S. The first kappa shape index (κ1) is 25.3. The second-order valence-corrected chi connectivity index (χ2v) is 9.81. The van der Waals surface area contributed by atoms with Crippen LogP contribution in [0.5, 0.6) is 0 Å². The lowest BCUT2D eigenvalue weighted by Crippen LogP contribution is -2.27. The second-order valence-electron chi connectivity index (χ2n) is 8.03. The van der Waals surface area contributed by atoms with Crippen molar-refractivity contribution in [2.45, 2.75) is 69.3 Å². The Balaban J connectivity index is 1.72. The van der Waals surface area contributed by atoms with Gasteiger partial charge in [0, 0.05) is 32.2 Å². The summed E-state index contributed by atoms with van der Waals surface area (Å²) in [5.41, 5.74) is 1.73. The van der Waals surface area contributed by atoms with Gasteiger partial charge in [-0.05, 0) is 22.8 Å². The second kappa shape index (κ2) is 12.8. The average molecular weight is 448 g/mol. The number of thioether (sulfide) groups is 1. The Hall–Kier alpha value is -1.99. The van der Waals surface area contributed by atoms with Crippen LogP contribution in [-0.4, -0.2) is 53.5 Å². The number of nitrogens with one attached hydrogen (secondary N) is 1. The van der Waals surface area contributed by atoms with Gasteiger partial charge in [0.15, 0.2) is 5.78 Å². The van der Waals surface area contributed by atoms with Crippen molar-refractivity contribution in [2.24, 2.45) is 0 Å². The van der Waals surface area contributed by atoms with Crippen LogP contribution in [0.1, 0.15) is 63.5 Å². The molecule has 0 heterocycles. The van der Waals surface area contributed by atoms with E-state index in [0.29, 0.717) is 57.1 Å². The number of rotatable bonds is 13. The van der Waals surface area contributed by atoms with E-state index in [1.165, 1.54) is 0 Å². The summed E-state index contributed by atoms with van der Waals surface area (Å²) < 4.78 is 5.34. The van der Waals surface area contributed by atoms with Crippen LogP contribution < -0.4 is 5.32 Å². The molecule has 2 atom stereocenters. The molecule has 7 heteroatoms. The van der Waals surface area contributed by atoms with Crippen molar-refractivity contribution in [3.63, 3.8) is 0 Å². The molecule has 0 aliphatic heterocycles. The maximum Gasteiger partial charge on any atom is 0.220 e. The highest BCUT2D eigenvalue weighted by atomic mass is 32.2. The normalized spacial score (nSPS) is 18.6. The molecule has 1 aromatic rings. The van der Waals surface area contributed by atoms with Crippen molar-refractivity contribution in [3.05, 3.63) is 35.4 Å². The van der Waals surface area contributed by atoms with Crippen molar-refractivity contribution >= 4 is 35.0 Å². The fourth-order valence-corrected chi connectivity index (χ4v) is 4.68. The standard InChI is InChI=1S/C24H33NO5S/c1-4-19(26)11-13-30-14-12-25-22(28)10-7-17-5-8-18(9-6-17)23-20(27)15-21(24(23)29)31-16(2)3/h5-6,8-9,16,21,23H,4,7,10-15H2,1-3H3,(H,25,28). The number of benzene rings is 1. The average Bonchev–Trinajstić information content (AvgIpc) is 3.01. The molecule has 1 aliphatic carbocycles. The first-order valence-corrected chi connectivity index (χ1v) is 11.9. The van der Waals surface area contributed by atoms with Crippen molar-refractivity contribution < 1.29 is 23.9 Å². The van der Waals surface area contributed by atoms with Crippen LogP contribution >= 0.6 is 11.8 Å². The van der Waals surface area contributed by atoms with Crippen molar-refractivity contribution in [1.82, 2.24) is 5.32 Å². The van der Waals surface area contributed by atoms with E-state index in [-0.39, 0.29) is 28.5 Å². The Morgan fingerprint density at radius 2 is 1.84 bits per heavy atom. The fourth-order valence-electron chi connectivity index (χ4n) is 3.49. The van der Waals surface area contributed by atoms with Gasteiger partial charge in [-0.15, -0.1) is 11.8 Å². The molecule has 0 saturated heterocycles. The van der Waals surface area contributed by atoms with Gasteiger partial charge in [0.1, 0.15) is 17.5 Å². The van der Waals surface area contributed by atoms with Crippen molar-refractivity contribution in [2.75, 3.05) is 19.8 Å². The summed E-state index contributed by atoms with van der Waals surface area (Å²) in [5.74, 6) is -0.534. The first-order valence-electron chi connectivity index (χ1n) is 11.0. The van der Waals surface area contributed by atoms with Gasteiger partial charge in [0.25, 0.3) is 0 Å². The van der Waals surface area contributed by atoms with Crippen LogP contribution in [0.4, 0.5) is 0 Å². The van der Waals surface area contributed by atoms with Gasteiger partial charge in [-0.25, -0.2) is 0 Å². The van der Waals surface area contributed by atoms with E-state index in [2.05, 4.69) is 5.32 Å². The third-order valence-corrected chi connectivity index (χ3v) is 6.46. The minimum absolute atomic E-state index is 0.00319. The van der Waals surface area contributed by atoms with Crippen LogP contribution in [0.3, 0.4) is 0 Å². The monoisotopic (exact) mass is 447 g/mol. The Kier molecular flexibility index (Phi) is 10.4. The molecule has 2 rings (SSSR count). The Bertz CT molecular complexity index is 775. The predicted octanol–water partition coefficient (Wildman–Crippen LogP) is 3.26. The van der Waals surface area contributed by atoms with Gasteiger partial charge in [-0.3, -0.25) is 19.2 Å². The van der Waals surface area contributed by atoms with E-state index < -0.39 is 5.92 Å². The number of hydrogen-bond donors (Lipinski definition) is 1. The van der Waals surface area contributed by atoms with Gasteiger partial charge in [0.05, 0.1) is 18.5 Å². The zero-order valence-corrected chi connectivity index (χ0v) is 19.5. The van der Waals surface area contributed by atoms with Gasteiger partial charge in [-0.2, -0.15) is 0 Å². The molecule has 1 N–H and O–H groups in total. The maximum absolute atomic E-state index is 12.6. The minimum atomic E-state index is -0.652. The Morgan fingerprint density at radius 3 is 2.48 bits per heavy atom. The smallest absolute Gasteiger partial charge is 0.220 e. The molecule has 1 amide bonds. The Morgan fingerprint density at radius 1 is 1.13 bits per heavy atom. The molecule has 170 valence electrons. The summed E-state index contributed by atoms with van der Waals surface area (Å²) in [7, 11) is 0. The van der Waals surface area contributed by atoms with Crippen LogP contribution in [0, 0.1) is 0 Å². The topological polar surface area (TPSA) is 89.5 Å². The van der Waals surface area contributed by atoms with Gasteiger partial charge < -0.3 is 10.1 Å². The number of ketones is 3. The lowest BCUT2D eigenvalue weighted by Gasteiger charge is -2.12. The largest absolute Gasteiger partial charge is 0.379 e. The molecule has 31 heavy (non-hydrogen) atoms. The van der Waals surface area contributed by atoms with Gasteiger partial charge in [-0.1, -0.05) is 45.0 Å². The number of Topliss-reactive ketones (excluding diaryl/α,β-unsaturated/α-hetero) is 3. The molecule has 6 nitrogen and oxygen atoms in total. The molecule has 1 fully saturated rings. The molecule has 1 aromatic carbocycles. The molecule has 1 aliphatic rings. The lowest BCUT2D eigenvalue weighted by molar-refractivity contribution is -0.124. The van der Waals surface area contributed by atoms with E-state index >= 15 is 0 Å². The molecule has 0 radical (unpaired) electrons. The lowest BCUT2D eigenvalue weighted by atomic mass is 9.94. The van der Waals surface area contributed by atoms with Crippen LogP contribution in [0.15, 0.2) is 24.3 Å². The summed E-state index contributed by atoms with van der Waals surface area (Å²) in [4.78, 5) is 48.2. The van der Waals surface area contributed by atoms with Crippen molar-refractivity contribution in [3.8, 4) is 0 Å². The number of carbonyl (C=O) groups is 4. The third kappa shape index (κ3) is 8.22. The highest BCUT2D eigenvalue weighted by molar-refractivity contribution is 8.01. The number of carbonyl (C=O) groups excluding carboxylic acids is 4. The van der Waals surface area contributed by atoms with E-state index in [4.69, 9.17) is 4.74 Å². The number of aryl methyl sites for hydroxylation is 1. The van der Waals surface area contributed by atoms with Crippen molar-refractivity contribution in [1.29, 1.82) is 0 Å². The van der Waals surface area contributed by atoms with Gasteiger partial charge >= 0.3 is 0 Å². The highest BCUT2D eigenvalue weighted by Crippen LogP contribution is 2.36. The van der Waals surface area contributed by atoms with Crippen LogP contribution in [0.2, 0.25) is 0 Å². The minimum Gasteiger partial charge on any atom is -0.379 e. The van der Waals surface area contributed by atoms with Crippen LogP contribution in [-0.2, 0) is 30.3 Å².